The number of ether oxygens (including phenoxy) is 3. The van der Waals surface area contributed by atoms with Gasteiger partial charge in [0.25, 0.3) is 0 Å². The number of carbonyl (C=O) groups is 1. The molecule has 8 nitrogen and oxygen atoms in total. The molecule has 3 aromatic rings. The average molecular weight is 535 g/mol. The van der Waals surface area contributed by atoms with Crippen molar-refractivity contribution in [2.45, 2.75) is 44.3 Å². The second-order valence-electron chi connectivity index (χ2n) is 9.89. The summed E-state index contributed by atoms with van der Waals surface area (Å²) in [6, 6.07) is 14.7. The van der Waals surface area contributed by atoms with Crippen molar-refractivity contribution in [3.05, 3.63) is 64.2 Å². The fourth-order valence-corrected chi connectivity index (χ4v) is 5.81. The summed E-state index contributed by atoms with van der Waals surface area (Å²) in [7, 11) is 1.62. The van der Waals surface area contributed by atoms with Gasteiger partial charge in [0.15, 0.2) is 11.5 Å². The number of aromatic nitrogens is 1. The van der Waals surface area contributed by atoms with Crippen LogP contribution in [0.4, 0.5) is 5.82 Å². The zero-order chi connectivity index (χ0) is 26.1. The Hall–Kier alpha value is -3.49. The van der Waals surface area contributed by atoms with Crippen LogP contribution in [0.3, 0.4) is 0 Å². The molecule has 2 aliphatic heterocycles. The van der Waals surface area contributed by atoms with Crippen LogP contribution in [0.15, 0.2) is 42.5 Å². The molecule has 1 amide bonds. The molecule has 1 saturated heterocycles. The molecule has 9 heteroatoms. The second kappa shape index (κ2) is 10.7. The van der Waals surface area contributed by atoms with Gasteiger partial charge in [-0.05, 0) is 59.7 Å². The number of rotatable bonds is 8. The molecular weight excluding hydrogens is 504 g/mol. The lowest BCUT2D eigenvalue weighted by molar-refractivity contribution is -0.119. The summed E-state index contributed by atoms with van der Waals surface area (Å²) in [5.41, 5.74) is 5.78. The van der Waals surface area contributed by atoms with E-state index < -0.39 is 0 Å². The van der Waals surface area contributed by atoms with Gasteiger partial charge >= 0.3 is 0 Å². The summed E-state index contributed by atoms with van der Waals surface area (Å²) < 4.78 is 17.1. The van der Waals surface area contributed by atoms with Gasteiger partial charge in [0.2, 0.25) is 11.8 Å². The van der Waals surface area contributed by atoms with Crippen LogP contribution in [0.5, 0.6) is 17.4 Å². The summed E-state index contributed by atoms with van der Waals surface area (Å²) in [6.07, 6.45) is 3.33. The number of pyridine rings is 1. The van der Waals surface area contributed by atoms with Gasteiger partial charge in [0.1, 0.15) is 19.0 Å². The van der Waals surface area contributed by atoms with Crippen LogP contribution >= 0.6 is 11.6 Å². The molecule has 6 rings (SSSR count). The van der Waals surface area contributed by atoms with Crippen LogP contribution in [0.2, 0.25) is 5.02 Å². The Morgan fingerprint density at radius 3 is 2.79 bits per heavy atom. The zero-order valence-electron chi connectivity index (χ0n) is 21.3. The van der Waals surface area contributed by atoms with Crippen molar-refractivity contribution in [3.8, 4) is 28.5 Å². The van der Waals surface area contributed by atoms with E-state index >= 15 is 0 Å². The predicted octanol–water partition coefficient (Wildman–Crippen LogP) is 4.65. The number of carbonyl (C=O) groups excluding carboxylic acids is 1. The van der Waals surface area contributed by atoms with Crippen molar-refractivity contribution in [1.82, 2.24) is 15.6 Å². The van der Waals surface area contributed by atoms with Crippen molar-refractivity contribution < 1.29 is 19.0 Å². The number of fused-ring (bicyclic) bond motifs is 2. The molecule has 2 aromatic carbocycles. The number of nitrogens with zero attached hydrogens (tertiary/aromatic N) is 1. The molecule has 1 aromatic heterocycles. The molecule has 3 N–H and O–H groups in total. The van der Waals surface area contributed by atoms with Crippen LogP contribution in [-0.4, -0.2) is 43.8 Å². The normalized spacial score (nSPS) is 19.7. The van der Waals surface area contributed by atoms with Crippen LogP contribution in [0.25, 0.3) is 11.1 Å². The SMILES string of the molecule is COc1nc(N[C@H]2CCc3c(-c4ccc5c(c4)OCCO5)cccc32)c(Cl)cc1CNC[C@@H]1CCC(=O)N1. The smallest absolute Gasteiger partial charge is 0.220 e. The van der Waals surface area contributed by atoms with Crippen molar-refractivity contribution in [3.63, 3.8) is 0 Å². The summed E-state index contributed by atoms with van der Waals surface area (Å²) in [5, 5.41) is 10.5. The number of amides is 1. The number of anilines is 1. The lowest BCUT2D eigenvalue weighted by Crippen LogP contribution is -2.35. The molecule has 0 bridgehead atoms. The fraction of sp³-hybridized carbons (Fsp3) is 0.379. The molecule has 1 aliphatic carbocycles. The fourth-order valence-electron chi connectivity index (χ4n) is 5.58. The molecule has 2 atom stereocenters. The van der Waals surface area contributed by atoms with E-state index in [1.807, 2.05) is 12.1 Å². The maximum absolute atomic E-state index is 11.4. The van der Waals surface area contributed by atoms with Crippen LogP contribution in [0, 0.1) is 0 Å². The Bertz CT molecular complexity index is 1360. The van der Waals surface area contributed by atoms with E-state index in [4.69, 9.17) is 30.8 Å². The topological polar surface area (TPSA) is 93.7 Å². The summed E-state index contributed by atoms with van der Waals surface area (Å²) in [4.78, 5) is 16.1. The van der Waals surface area contributed by atoms with E-state index in [1.54, 1.807) is 7.11 Å². The number of benzene rings is 2. The van der Waals surface area contributed by atoms with Crippen LogP contribution < -0.4 is 30.2 Å². The Labute approximate surface area is 227 Å². The summed E-state index contributed by atoms with van der Waals surface area (Å²) >= 11 is 6.69. The molecular formula is C29H31ClN4O4. The van der Waals surface area contributed by atoms with Gasteiger partial charge in [0.05, 0.1) is 18.2 Å². The number of hydrogen-bond acceptors (Lipinski definition) is 7. The third-order valence-electron chi connectivity index (χ3n) is 7.43. The molecule has 198 valence electrons. The second-order valence-corrected chi connectivity index (χ2v) is 10.3. The van der Waals surface area contributed by atoms with Crippen LogP contribution in [0.1, 0.15) is 42.0 Å². The van der Waals surface area contributed by atoms with Gasteiger partial charge in [-0.2, -0.15) is 4.98 Å². The molecule has 1 fully saturated rings. The van der Waals surface area contributed by atoms with Crippen molar-refractivity contribution in [1.29, 1.82) is 0 Å². The molecule has 0 unspecified atom stereocenters. The highest BCUT2D eigenvalue weighted by atomic mass is 35.5. The van der Waals surface area contributed by atoms with E-state index in [9.17, 15) is 4.79 Å². The molecule has 0 radical (unpaired) electrons. The Kier molecular flexibility index (Phi) is 7.00. The first-order valence-electron chi connectivity index (χ1n) is 13.1. The third-order valence-corrected chi connectivity index (χ3v) is 7.72. The highest BCUT2D eigenvalue weighted by molar-refractivity contribution is 6.33. The summed E-state index contributed by atoms with van der Waals surface area (Å²) in [5.74, 6) is 2.85. The Balaban J connectivity index is 1.18. The minimum absolute atomic E-state index is 0.0896. The molecule has 3 heterocycles. The molecule has 0 saturated carbocycles. The molecule has 3 aliphatic rings. The van der Waals surface area contributed by atoms with E-state index in [0.29, 0.717) is 49.4 Å². The maximum Gasteiger partial charge on any atom is 0.220 e. The minimum atomic E-state index is 0.0896. The maximum atomic E-state index is 11.4. The Morgan fingerprint density at radius 1 is 1.11 bits per heavy atom. The number of methoxy groups -OCH3 is 1. The number of hydrogen-bond donors (Lipinski definition) is 3. The van der Waals surface area contributed by atoms with E-state index in [0.717, 1.165) is 41.9 Å². The third kappa shape index (κ3) is 4.98. The molecule has 38 heavy (non-hydrogen) atoms. The first-order chi connectivity index (χ1) is 18.6. The van der Waals surface area contributed by atoms with Gasteiger partial charge in [-0.25, -0.2) is 0 Å². The van der Waals surface area contributed by atoms with E-state index in [-0.39, 0.29) is 18.0 Å². The van der Waals surface area contributed by atoms with Crippen LogP contribution in [-0.2, 0) is 17.8 Å². The van der Waals surface area contributed by atoms with Gasteiger partial charge in [-0.1, -0.05) is 35.9 Å². The monoisotopic (exact) mass is 534 g/mol. The zero-order valence-corrected chi connectivity index (χ0v) is 22.1. The minimum Gasteiger partial charge on any atom is -0.486 e. The molecule has 0 spiro atoms. The highest BCUT2D eigenvalue weighted by Crippen LogP contribution is 2.42. The largest absolute Gasteiger partial charge is 0.486 e. The van der Waals surface area contributed by atoms with Gasteiger partial charge in [-0.15, -0.1) is 0 Å². The lowest BCUT2D eigenvalue weighted by Gasteiger charge is -2.20. The predicted molar refractivity (Wildman–Crippen MR) is 146 cm³/mol. The van der Waals surface area contributed by atoms with Crippen molar-refractivity contribution >= 4 is 23.3 Å². The first kappa shape index (κ1) is 24.8. The average Bonchev–Trinajstić information content (AvgIpc) is 3.55. The first-order valence-corrected chi connectivity index (χ1v) is 13.5. The quantitative estimate of drug-likeness (QED) is 0.387. The van der Waals surface area contributed by atoms with Gasteiger partial charge in [0, 0.05) is 31.1 Å². The number of halogens is 1. The highest BCUT2D eigenvalue weighted by Gasteiger charge is 2.27. The van der Waals surface area contributed by atoms with Crippen molar-refractivity contribution in [2.75, 3.05) is 32.2 Å². The number of nitrogens with one attached hydrogen (secondary N) is 3. The van der Waals surface area contributed by atoms with Crippen molar-refractivity contribution in [2.24, 2.45) is 0 Å². The van der Waals surface area contributed by atoms with Gasteiger partial charge in [-0.3, -0.25) is 4.79 Å². The van der Waals surface area contributed by atoms with E-state index in [1.165, 1.54) is 16.7 Å². The lowest BCUT2D eigenvalue weighted by atomic mass is 9.96. The van der Waals surface area contributed by atoms with Gasteiger partial charge < -0.3 is 30.2 Å². The summed E-state index contributed by atoms with van der Waals surface area (Å²) in [6.45, 7) is 2.39. The standard InChI is InChI=1S/C29H31ClN4O4/c1-36-29-18(15-31-16-19-6-10-27(35)32-19)13-23(30)28(34-29)33-24-8-7-21-20(3-2-4-22(21)24)17-5-9-25-26(14-17)38-12-11-37-25/h2-5,9,13-14,19,24,31H,6-8,10-12,15-16H2,1H3,(H,32,35)(H,33,34)/t19-,24-/m0/s1. The van der Waals surface area contributed by atoms with E-state index in [2.05, 4.69) is 46.3 Å². The Morgan fingerprint density at radius 2 is 1.97 bits per heavy atom.